The van der Waals surface area contributed by atoms with Crippen LogP contribution in [0.2, 0.25) is 0 Å². The number of H-pyrrole nitrogens is 1. The van der Waals surface area contributed by atoms with Gasteiger partial charge in [-0.15, -0.1) is 11.3 Å². The van der Waals surface area contributed by atoms with Crippen molar-refractivity contribution >= 4 is 33.3 Å². The van der Waals surface area contributed by atoms with E-state index in [1.807, 2.05) is 19.1 Å². The maximum atomic E-state index is 13.3. The minimum Gasteiger partial charge on any atom is -0.381 e. The summed E-state index contributed by atoms with van der Waals surface area (Å²) in [7, 11) is 1.75. The van der Waals surface area contributed by atoms with Crippen LogP contribution in [-0.2, 0) is 6.42 Å². The third kappa shape index (κ3) is 3.87. The molecule has 3 heterocycles. The van der Waals surface area contributed by atoms with Crippen molar-refractivity contribution in [2.45, 2.75) is 19.8 Å². The van der Waals surface area contributed by atoms with E-state index in [1.165, 1.54) is 23.5 Å². The van der Waals surface area contributed by atoms with Gasteiger partial charge in [-0.05, 0) is 50.1 Å². The molecule has 0 atom stereocenters. The third-order valence-electron chi connectivity index (χ3n) is 5.07. The summed E-state index contributed by atoms with van der Waals surface area (Å²) < 4.78 is 15.0. The standard InChI is InChI=1S/C21H20FN7OS/c1-12-15-10-18(31-21(15)29(27-12)14-7-5-13(22)6-8-14)20(30)28(2)9-3-4-17-16(11-23)19(24)26-25-17/h5-8,10H,3-4,9H2,1-2H3,(H3,24,25,26). The maximum Gasteiger partial charge on any atom is 0.263 e. The minimum atomic E-state index is -0.313. The Bertz CT molecular complexity index is 1300. The fraction of sp³-hybridized carbons (Fsp3) is 0.238. The van der Waals surface area contributed by atoms with Crippen LogP contribution in [0.25, 0.3) is 15.9 Å². The molecule has 4 aromatic rings. The Balaban J connectivity index is 1.49. The molecule has 31 heavy (non-hydrogen) atoms. The van der Waals surface area contributed by atoms with Crippen LogP contribution >= 0.6 is 11.3 Å². The number of nitrogens with zero attached hydrogens (tertiary/aromatic N) is 5. The highest BCUT2D eigenvalue weighted by Gasteiger charge is 2.20. The number of nitriles is 1. The summed E-state index contributed by atoms with van der Waals surface area (Å²) in [5.41, 5.74) is 8.23. The molecule has 0 aliphatic rings. The van der Waals surface area contributed by atoms with Crippen molar-refractivity contribution in [2.75, 3.05) is 19.3 Å². The molecule has 3 aromatic heterocycles. The first-order valence-electron chi connectivity index (χ1n) is 9.62. The molecule has 4 rings (SSSR count). The number of carbonyl (C=O) groups is 1. The highest BCUT2D eigenvalue weighted by atomic mass is 32.1. The van der Waals surface area contributed by atoms with Crippen molar-refractivity contribution in [3.63, 3.8) is 0 Å². The SMILES string of the molecule is Cc1nn(-c2ccc(F)cc2)c2sc(C(=O)N(C)CCCc3[nH]nc(N)c3C#N)cc12. The molecule has 0 aliphatic carbocycles. The number of aromatic amines is 1. The molecule has 8 nitrogen and oxygen atoms in total. The lowest BCUT2D eigenvalue weighted by molar-refractivity contribution is 0.0798. The summed E-state index contributed by atoms with van der Waals surface area (Å²) in [4.78, 5) is 16.1. The second-order valence-electron chi connectivity index (χ2n) is 7.21. The largest absolute Gasteiger partial charge is 0.381 e. The summed E-state index contributed by atoms with van der Waals surface area (Å²) in [5.74, 6) is -0.207. The van der Waals surface area contributed by atoms with E-state index >= 15 is 0 Å². The number of nitrogens with two attached hydrogens (primary N) is 1. The van der Waals surface area contributed by atoms with Crippen molar-refractivity contribution in [1.82, 2.24) is 24.9 Å². The molecule has 10 heteroatoms. The number of thiophene rings is 1. The van der Waals surface area contributed by atoms with E-state index in [1.54, 1.807) is 28.8 Å². The van der Waals surface area contributed by atoms with Crippen LogP contribution in [-0.4, -0.2) is 44.4 Å². The molecule has 0 fully saturated rings. The predicted molar refractivity (Wildman–Crippen MR) is 117 cm³/mol. The summed E-state index contributed by atoms with van der Waals surface area (Å²) >= 11 is 1.36. The van der Waals surface area contributed by atoms with E-state index in [0.717, 1.165) is 21.6 Å². The molecule has 0 aliphatic heterocycles. The number of hydrogen-bond acceptors (Lipinski definition) is 6. The first kappa shape index (κ1) is 20.6. The summed E-state index contributed by atoms with van der Waals surface area (Å²) in [5, 5.41) is 21.2. The summed E-state index contributed by atoms with van der Waals surface area (Å²) in [6.45, 7) is 2.40. The highest BCUT2D eigenvalue weighted by molar-refractivity contribution is 7.20. The van der Waals surface area contributed by atoms with E-state index in [9.17, 15) is 9.18 Å². The van der Waals surface area contributed by atoms with E-state index in [-0.39, 0.29) is 17.5 Å². The van der Waals surface area contributed by atoms with Crippen molar-refractivity contribution in [2.24, 2.45) is 0 Å². The van der Waals surface area contributed by atoms with Crippen molar-refractivity contribution in [1.29, 1.82) is 5.26 Å². The second-order valence-corrected chi connectivity index (χ2v) is 8.24. The molecule has 0 unspecified atom stereocenters. The molecule has 0 bridgehead atoms. The molecule has 0 saturated heterocycles. The Morgan fingerprint density at radius 3 is 2.84 bits per heavy atom. The van der Waals surface area contributed by atoms with Gasteiger partial charge in [0, 0.05) is 19.0 Å². The molecule has 0 spiro atoms. The van der Waals surface area contributed by atoms with Gasteiger partial charge < -0.3 is 10.6 Å². The van der Waals surface area contributed by atoms with E-state index in [0.29, 0.717) is 35.5 Å². The number of amides is 1. The van der Waals surface area contributed by atoms with Crippen molar-refractivity contribution < 1.29 is 9.18 Å². The molecule has 0 saturated carbocycles. The molecule has 158 valence electrons. The zero-order valence-corrected chi connectivity index (χ0v) is 17.8. The van der Waals surface area contributed by atoms with Crippen LogP contribution in [0.3, 0.4) is 0 Å². The number of anilines is 1. The number of aryl methyl sites for hydroxylation is 2. The zero-order chi connectivity index (χ0) is 22.1. The number of benzene rings is 1. The Labute approximate surface area is 181 Å². The number of nitrogen functional groups attached to an aromatic ring is 1. The Hall–Kier alpha value is -3.71. The van der Waals surface area contributed by atoms with Gasteiger partial charge in [0.2, 0.25) is 0 Å². The first-order valence-corrected chi connectivity index (χ1v) is 10.4. The van der Waals surface area contributed by atoms with Crippen molar-refractivity contribution in [3.8, 4) is 11.8 Å². The molecule has 1 amide bonds. The summed E-state index contributed by atoms with van der Waals surface area (Å²) in [6.07, 6.45) is 1.22. The van der Waals surface area contributed by atoms with Gasteiger partial charge >= 0.3 is 0 Å². The molecule has 0 radical (unpaired) electrons. The number of hydrogen-bond donors (Lipinski definition) is 2. The number of halogens is 1. The normalized spacial score (nSPS) is 11.0. The van der Waals surface area contributed by atoms with E-state index in [2.05, 4.69) is 15.3 Å². The van der Waals surface area contributed by atoms with Gasteiger partial charge in [-0.3, -0.25) is 9.89 Å². The monoisotopic (exact) mass is 437 g/mol. The third-order valence-corrected chi connectivity index (χ3v) is 6.17. The van der Waals surface area contributed by atoms with Crippen LogP contribution in [0.5, 0.6) is 0 Å². The predicted octanol–water partition coefficient (Wildman–Crippen LogP) is 3.42. The molecule has 3 N–H and O–H groups in total. The fourth-order valence-electron chi connectivity index (χ4n) is 3.39. The maximum absolute atomic E-state index is 13.3. The van der Waals surface area contributed by atoms with Gasteiger partial charge in [-0.2, -0.15) is 15.5 Å². The first-order chi connectivity index (χ1) is 14.9. The van der Waals surface area contributed by atoms with Gasteiger partial charge in [-0.25, -0.2) is 9.07 Å². The smallest absolute Gasteiger partial charge is 0.263 e. The van der Waals surface area contributed by atoms with Crippen LogP contribution in [0.1, 0.15) is 33.0 Å². The Morgan fingerprint density at radius 1 is 1.39 bits per heavy atom. The van der Waals surface area contributed by atoms with Crippen LogP contribution < -0.4 is 5.73 Å². The topological polar surface area (TPSA) is 117 Å². The van der Waals surface area contributed by atoms with E-state index in [4.69, 9.17) is 11.0 Å². The Morgan fingerprint density at radius 2 is 2.13 bits per heavy atom. The summed E-state index contributed by atoms with van der Waals surface area (Å²) in [6, 6.07) is 9.98. The average Bonchev–Trinajstić information content (AvgIpc) is 3.43. The average molecular weight is 438 g/mol. The number of nitrogens with one attached hydrogen (secondary N) is 1. The van der Waals surface area contributed by atoms with Crippen molar-refractivity contribution in [3.05, 3.63) is 58.0 Å². The number of carbonyl (C=O) groups excluding carboxylic acids is 1. The van der Waals surface area contributed by atoms with Gasteiger partial charge in [0.25, 0.3) is 5.91 Å². The van der Waals surface area contributed by atoms with E-state index < -0.39 is 0 Å². The van der Waals surface area contributed by atoms with Gasteiger partial charge in [0.05, 0.1) is 22.0 Å². The lowest BCUT2D eigenvalue weighted by Crippen LogP contribution is -2.27. The van der Waals surface area contributed by atoms with Crippen LogP contribution in [0.15, 0.2) is 30.3 Å². The number of aromatic nitrogens is 4. The second kappa shape index (κ2) is 8.20. The zero-order valence-electron chi connectivity index (χ0n) is 17.0. The van der Waals surface area contributed by atoms with Crippen LogP contribution in [0.4, 0.5) is 10.2 Å². The van der Waals surface area contributed by atoms with Gasteiger partial charge in [0.1, 0.15) is 22.3 Å². The van der Waals surface area contributed by atoms with Crippen LogP contribution in [0, 0.1) is 24.1 Å². The molecular formula is C21H20FN7OS. The lowest BCUT2D eigenvalue weighted by atomic mass is 10.1. The van der Waals surface area contributed by atoms with Gasteiger partial charge in [-0.1, -0.05) is 0 Å². The quantitative estimate of drug-likeness (QED) is 0.479. The molecular weight excluding hydrogens is 417 g/mol. The number of rotatable bonds is 6. The molecule has 1 aromatic carbocycles. The van der Waals surface area contributed by atoms with Gasteiger partial charge in [0.15, 0.2) is 5.82 Å². The highest BCUT2D eigenvalue weighted by Crippen LogP contribution is 2.31. The number of fused-ring (bicyclic) bond motifs is 1. The Kier molecular flexibility index (Phi) is 5.44. The lowest BCUT2D eigenvalue weighted by Gasteiger charge is -2.15. The minimum absolute atomic E-state index is 0.0871. The fourth-order valence-corrected chi connectivity index (χ4v) is 4.57.